The first-order chi connectivity index (χ1) is 20.7. The Kier molecular flexibility index (Phi) is 12.5. The van der Waals surface area contributed by atoms with Crippen molar-refractivity contribution in [1.82, 2.24) is 5.43 Å². The number of rotatable bonds is 17. The second-order valence-electron chi connectivity index (χ2n) is 10.1. The normalized spacial score (nSPS) is 10.9. The molecule has 218 valence electrons. The number of carbonyl (C=O) groups excluding carboxylic acids is 1. The summed E-state index contributed by atoms with van der Waals surface area (Å²) in [4.78, 5) is 12.7. The van der Waals surface area contributed by atoms with Crippen molar-refractivity contribution >= 4 is 12.1 Å². The largest absolute Gasteiger partial charge is 0.494 e. The van der Waals surface area contributed by atoms with Crippen LogP contribution in [0.4, 0.5) is 0 Å². The minimum Gasteiger partial charge on any atom is -0.494 e. The zero-order valence-electron chi connectivity index (χ0n) is 24.3. The SMILES string of the molecule is CCCCCCCCOc1ccc(C(=O)NN=Cc2ccc(OCc3ccccc3)cc2OCc2ccccc2)cc1. The Morgan fingerprint density at radius 2 is 1.31 bits per heavy atom. The Bertz CT molecular complexity index is 1370. The molecule has 6 heteroatoms. The summed E-state index contributed by atoms with van der Waals surface area (Å²) in [5.74, 6) is 1.75. The summed E-state index contributed by atoms with van der Waals surface area (Å²) >= 11 is 0. The molecule has 0 aliphatic rings. The molecular weight excluding hydrogens is 524 g/mol. The minimum atomic E-state index is -0.303. The molecular formula is C36H40N2O4. The van der Waals surface area contributed by atoms with Crippen LogP contribution >= 0.6 is 0 Å². The maximum Gasteiger partial charge on any atom is 0.271 e. The summed E-state index contributed by atoms with van der Waals surface area (Å²) in [5.41, 5.74) is 5.96. The van der Waals surface area contributed by atoms with E-state index in [2.05, 4.69) is 17.5 Å². The van der Waals surface area contributed by atoms with Crippen LogP contribution in [0.25, 0.3) is 0 Å². The van der Waals surface area contributed by atoms with Gasteiger partial charge in [0, 0.05) is 17.2 Å². The predicted molar refractivity (Wildman–Crippen MR) is 168 cm³/mol. The quantitative estimate of drug-likeness (QED) is 0.0795. The number of hydrogen-bond donors (Lipinski definition) is 1. The molecule has 6 nitrogen and oxygen atoms in total. The first kappa shape index (κ1) is 30.4. The topological polar surface area (TPSA) is 69.2 Å². The fourth-order valence-corrected chi connectivity index (χ4v) is 4.31. The summed E-state index contributed by atoms with van der Waals surface area (Å²) in [7, 11) is 0. The van der Waals surface area contributed by atoms with E-state index in [1.807, 2.05) is 91.0 Å². The van der Waals surface area contributed by atoms with Crippen molar-refractivity contribution in [3.8, 4) is 17.2 Å². The number of amides is 1. The molecule has 0 spiro atoms. The average Bonchev–Trinajstić information content (AvgIpc) is 3.04. The van der Waals surface area contributed by atoms with Crippen LogP contribution in [-0.2, 0) is 13.2 Å². The number of carbonyl (C=O) groups is 1. The Morgan fingerprint density at radius 3 is 2.00 bits per heavy atom. The van der Waals surface area contributed by atoms with Crippen LogP contribution in [0.15, 0.2) is 108 Å². The van der Waals surface area contributed by atoms with Crippen LogP contribution in [0, 0.1) is 0 Å². The fourth-order valence-electron chi connectivity index (χ4n) is 4.31. The van der Waals surface area contributed by atoms with E-state index in [1.54, 1.807) is 18.3 Å². The van der Waals surface area contributed by atoms with E-state index in [9.17, 15) is 4.79 Å². The van der Waals surface area contributed by atoms with Gasteiger partial charge < -0.3 is 14.2 Å². The molecule has 0 unspecified atom stereocenters. The maximum atomic E-state index is 12.7. The van der Waals surface area contributed by atoms with Gasteiger partial charge in [0.15, 0.2) is 0 Å². The van der Waals surface area contributed by atoms with Gasteiger partial charge in [0.05, 0.1) is 12.8 Å². The van der Waals surface area contributed by atoms with E-state index in [1.165, 1.54) is 32.1 Å². The van der Waals surface area contributed by atoms with Crippen molar-refractivity contribution < 1.29 is 19.0 Å². The van der Waals surface area contributed by atoms with Crippen molar-refractivity contribution in [2.45, 2.75) is 58.7 Å². The summed E-state index contributed by atoms with van der Waals surface area (Å²) in [5, 5.41) is 4.19. The Morgan fingerprint density at radius 1 is 0.690 bits per heavy atom. The van der Waals surface area contributed by atoms with Crippen molar-refractivity contribution in [1.29, 1.82) is 0 Å². The van der Waals surface area contributed by atoms with Crippen molar-refractivity contribution in [2.75, 3.05) is 6.61 Å². The molecule has 0 aliphatic heterocycles. The molecule has 4 aromatic carbocycles. The van der Waals surface area contributed by atoms with Gasteiger partial charge in [-0.05, 0) is 53.9 Å². The highest BCUT2D eigenvalue weighted by Crippen LogP contribution is 2.26. The number of nitrogens with one attached hydrogen (secondary N) is 1. The zero-order chi connectivity index (χ0) is 29.2. The molecule has 4 rings (SSSR count). The Hall–Kier alpha value is -4.58. The number of benzene rings is 4. The number of unbranched alkanes of at least 4 members (excludes halogenated alkanes) is 5. The van der Waals surface area contributed by atoms with Gasteiger partial charge in [0.1, 0.15) is 30.5 Å². The number of ether oxygens (including phenoxy) is 3. The van der Waals surface area contributed by atoms with Gasteiger partial charge in [-0.15, -0.1) is 0 Å². The van der Waals surface area contributed by atoms with Crippen molar-refractivity contribution in [3.05, 3.63) is 125 Å². The lowest BCUT2D eigenvalue weighted by molar-refractivity contribution is 0.0955. The summed E-state index contributed by atoms with van der Waals surface area (Å²) in [6.07, 6.45) is 8.90. The summed E-state index contributed by atoms with van der Waals surface area (Å²) in [6.45, 7) is 3.75. The van der Waals surface area contributed by atoms with Gasteiger partial charge in [0.2, 0.25) is 0 Å². The predicted octanol–water partition coefficient (Wildman–Crippen LogP) is 8.35. The highest BCUT2D eigenvalue weighted by atomic mass is 16.5. The van der Waals surface area contributed by atoms with Crippen LogP contribution in [-0.4, -0.2) is 18.7 Å². The minimum absolute atomic E-state index is 0.303. The molecule has 0 bridgehead atoms. The van der Waals surface area contributed by atoms with Crippen LogP contribution in [0.5, 0.6) is 17.2 Å². The molecule has 0 saturated carbocycles. The number of nitrogens with zero attached hydrogens (tertiary/aromatic N) is 1. The molecule has 0 radical (unpaired) electrons. The van der Waals surface area contributed by atoms with Gasteiger partial charge in [0.25, 0.3) is 5.91 Å². The van der Waals surface area contributed by atoms with Crippen LogP contribution < -0.4 is 19.6 Å². The highest BCUT2D eigenvalue weighted by Gasteiger charge is 2.08. The molecule has 0 saturated heterocycles. The first-order valence-corrected chi connectivity index (χ1v) is 14.7. The number of hydrazone groups is 1. The average molecular weight is 565 g/mol. The van der Waals surface area contributed by atoms with Gasteiger partial charge >= 0.3 is 0 Å². The summed E-state index contributed by atoms with van der Waals surface area (Å²) < 4.78 is 18.0. The molecule has 4 aromatic rings. The lowest BCUT2D eigenvalue weighted by atomic mass is 10.1. The molecule has 1 amide bonds. The monoisotopic (exact) mass is 564 g/mol. The number of hydrogen-bond acceptors (Lipinski definition) is 5. The third kappa shape index (κ3) is 10.4. The molecule has 0 atom stereocenters. The van der Waals surface area contributed by atoms with Crippen molar-refractivity contribution in [2.24, 2.45) is 5.10 Å². The van der Waals surface area contributed by atoms with Gasteiger partial charge in [-0.25, -0.2) is 5.43 Å². The van der Waals surface area contributed by atoms with E-state index < -0.39 is 0 Å². The maximum absolute atomic E-state index is 12.7. The van der Waals surface area contributed by atoms with Gasteiger partial charge in [-0.1, -0.05) is 99.7 Å². The molecule has 0 aromatic heterocycles. The fraction of sp³-hybridized carbons (Fsp3) is 0.278. The van der Waals surface area contributed by atoms with E-state index >= 15 is 0 Å². The third-order valence-corrected chi connectivity index (χ3v) is 6.72. The molecule has 42 heavy (non-hydrogen) atoms. The van der Waals surface area contributed by atoms with E-state index in [4.69, 9.17) is 14.2 Å². The van der Waals surface area contributed by atoms with E-state index in [-0.39, 0.29) is 5.91 Å². The lowest BCUT2D eigenvalue weighted by Gasteiger charge is -2.12. The molecule has 0 fully saturated rings. The second kappa shape index (κ2) is 17.3. The van der Waals surface area contributed by atoms with E-state index in [0.717, 1.165) is 28.9 Å². The smallest absolute Gasteiger partial charge is 0.271 e. The van der Waals surface area contributed by atoms with Crippen LogP contribution in [0.2, 0.25) is 0 Å². The molecule has 1 N–H and O–H groups in total. The van der Waals surface area contributed by atoms with Gasteiger partial charge in [-0.2, -0.15) is 5.10 Å². The highest BCUT2D eigenvalue weighted by molar-refractivity contribution is 5.95. The standard InChI is InChI=1S/C36H40N2O4/c1-2-3-4-5-6-13-24-40-33-21-18-31(19-22-33)36(39)38-37-26-32-20-23-34(41-27-29-14-9-7-10-15-29)25-35(32)42-28-30-16-11-8-12-17-30/h7-12,14-23,25-26H,2-6,13,24,27-28H2,1H3,(H,38,39). The van der Waals surface area contributed by atoms with E-state index in [0.29, 0.717) is 36.9 Å². The van der Waals surface area contributed by atoms with Crippen molar-refractivity contribution in [3.63, 3.8) is 0 Å². The first-order valence-electron chi connectivity index (χ1n) is 14.7. The lowest BCUT2D eigenvalue weighted by Crippen LogP contribution is -2.17. The van der Waals surface area contributed by atoms with Crippen LogP contribution in [0.1, 0.15) is 72.5 Å². The second-order valence-corrected chi connectivity index (χ2v) is 10.1. The zero-order valence-corrected chi connectivity index (χ0v) is 24.3. The molecule has 0 heterocycles. The Balaban J connectivity index is 1.32. The Labute approximate surface area is 249 Å². The third-order valence-electron chi connectivity index (χ3n) is 6.72. The summed E-state index contributed by atoms with van der Waals surface area (Å²) in [6, 6.07) is 32.6. The molecule has 0 aliphatic carbocycles. The van der Waals surface area contributed by atoms with Gasteiger partial charge in [-0.3, -0.25) is 4.79 Å². The van der Waals surface area contributed by atoms with Crippen LogP contribution in [0.3, 0.4) is 0 Å².